The number of aromatic nitrogens is 8. The Hall–Kier alpha value is -7.70. The Bertz CT molecular complexity index is 2670. The second-order valence-corrected chi connectivity index (χ2v) is 11.6. The molecule has 0 aliphatic heterocycles. The summed E-state index contributed by atoms with van der Waals surface area (Å²) < 4.78 is 81.7. The number of amides is 1. The summed E-state index contributed by atoms with van der Waals surface area (Å²) in [5.41, 5.74) is 3.62. The fraction of sp³-hybridized carbons (Fsp3) is 0.0526. The van der Waals surface area contributed by atoms with E-state index in [4.69, 9.17) is 10.8 Å². The van der Waals surface area contributed by atoms with Gasteiger partial charge in [-0.25, -0.2) is 33.8 Å². The predicted octanol–water partition coefficient (Wildman–Crippen LogP) is 7.84. The van der Waals surface area contributed by atoms with Crippen molar-refractivity contribution in [1.29, 1.82) is 0 Å². The molecule has 57 heavy (non-hydrogen) atoms. The zero-order chi connectivity index (χ0) is 40.7. The van der Waals surface area contributed by atoms with E-state index in [1.807, 2.05) is 12.1 Å². The normalized spacial score (nSPS) is 11.3. The van der Waals surface area contributed by atoms with Gasteiger partial charge in [-0.15, -0.1) is 0 Å². The molecule has 6 aromatic heterocycles. The van der Waals surface area contributed by atoms with Crippen LogP contribution in [-0.4, -0.2) is 56.1 Å². The number of carboxylic acids is 1. The third-order valence-electron chi connectivity index (χ3n) is 7.82. The van der Waals surface area contributed by atoms with Gasteiger partial charge in [0.05, 0.1) is 34.9 Å². The van der Waals surface area contributed by atoms with Crippen LogP contribution in [0.15, 0.2) is 134 Å². The molecule has 0 spiro atoms. The van der Waals surface area contributed by atoms with Gasteiger partial charge in [-0.05, 0) is 48.5 Å². The summed E-state index contributed by atoms with van der Waals surface area (Å²) in [7, 11) is 0. The maximum absolute atomic E-state index is 13.3. The van der Waals surface area contributed by atoms with Crippen molar-refractivity contribution < 1.29 is 41.0 Å². The lowest BCUT2D eigenvalue weighted by Crippen LogP contribution is -2.13. The quantitative estimate of drug-likeness (QED) is 0.146. The Balaban J connectivity index is 0.000000168. The van der Waals surface area contributed by atoms with E-state index in [9.17, 15) is 35.9 Å². The molecule has 1 amide bonds. The van der Waals surface area contributed by atoms with Crippen molar-refractivity contribution in [3.8, 4) is 22.5 Å². The monoisotopic (exact) mass is 784 g/mol. The minimum Gasteiger partial charge on any atom is -0.477 e. The smallest absolute Gasteiger partial charge is 0.417 e. The van der Waals surface area contributed by atoms with Crippen molar-refractivity contribution >= 4 is 34.8 Å². The van der Waals surface area contributed by atoms with E-state index in [0.29, 0.717) is 11.6 Å². The first-order valence-electron chi connectivity index (χ1n) is 16.3. The topological polar surface area (TPSA) is 179 Å². The van der Waals surface area contributed by atoms with Crippen LogP contribution in [0.3, 0.4) is 0 Å². The number of nitrogens with one attached hydrogen (secondary N) is 1. The molecular weight excluding hydrogens is 758 g/mol. The van der Waals surface area contributed by atoms with Crippen molar-refractivity contribution in [3.05, 3.63) is 156 Å². The molecule has 0 aliphatic carbocycles. The van der Waals surface area contributed by atoms with Gasteiger partial charge in [0.1, 0.15) is 22.8 Å². The summed E-state index contributed by atoms with van der Waals surface area (Å²) >= 11 is 0. The lowest BCUT2D eigenvalue weighted by molar-refractivity contribution is -0.137. The fourth-order valence-corrected chi connectivity index (χ4v) is 5.25. The van der Waals surface area contributed by atoms with Gasteiger partial charge in [-0.2, -0.15) is 36.5 Å². The van der Waals surface area contributed by atoms with E-state index < -0.39 is 35.4 Å². The number of carbonyl (C=O) groups is 2. The van der Waals surface area contributed by atoms with Gasteiger partial charge >= 0.3 is 18.3 Å². The van der Waals surface area contributed by atoms with E-state index in [0.717, 1.165) is 18.3 Å². The van der Waals surface area contributed by atoms with Gasteiger partial charge in [0.2, 0.25) is 0 Å². The number of fused-ring (bicyclic) bond motifs is 2. The lowest BCUT2D eigenvalue weighted by Gasteiger charge is -2.12. The number of aromatic carboxylic acids is 1. The SMILES string of the molecule is Nc1ccccn1.O=C(Nc1ccccn1)c1cnn2ccc(-c3ccccc3C(F)(F)F)nc12.O=C(O)c1cnn2ccc(-c3ccccc3C(F)(F)F)nc12. The fourth-order valence-electron chi connectivity index (χ4n) is 5.25. The van der Waals surface area contributed by atoms with Gasteiger partial charge in [0.15, 0.2) is 11.3 Å². The van der Waals surface area contributed by atoms with Gasteiger partial charge in [0.25, 0.3) is 5.91 Å². The first-order valence-corrected chi connectivity index (χ1v) is 16.3. The second kappa shape index (κ2) is 16.3. The number of carboxylic acid groups (broad SMARTS) is 1. The van der Waals surface area contributed by atoms with Crippen molar-refractivity contribution in [2.24, 2.45) is 0 Å². The minimum absolute atomic E-state index is 0.0121. The molecule has 0 aliphatic rings. The van der Waals surface area contributed by atoms with E-state index in [1.165, 1.54) is 82.3 Å². The molecule has 288 valence electrons. The average molecular weight is 785 g/mol. The molecule has 0 saturated heterocycles. The molecule has 0 atom stereocenters. The molecule has 8 rings (SSSR count). The van der Waals surface area contributed by atoms with Crippen LogP contribution in [0.1, 0.15) is 31.8 Å². The van der Waals surface area contributed by atoms with E-state index in [2.05, 4.69) is 35.5 Å². The molecule has 0 saturated carbocycles. The number of halogens is 6. The Kier molecular flexibility index (Phi) is 11.2. The predicted molar refractivity (Wildman–Crippen MR) is 195 cm³/mol. The third kappa shape index (κ3) is 9.16. The zero-order valence-electron chi connectivity index (χ0n) is 28.9. The Morgan fingerprint density at radius 1 is 0.614 bits per heavy atom. The molecule has 13 nitrogen and oxygen atoms in total. The summed E-state index contributed by atoms with van der Waals surface area (Å²) in [6, 6.07) is 23.4. The van der Waals surface area contributed by atoms with Crippen LogP contribution in [0, 0.1) is 0 Å². The maximum atomic E-state index is 13.3. The van der Waals surface area contributed by atoms with Gasteiger partial charge in [-0.3, -0.25) is 4.79 Å². The number of nitrogen functional groups attached to an aromatic ring is 1. The van der Waals surface area contributed by atoms with Crippen LogP contribution in [0.5, 0.6) is 0 Å². The molecule has 0 radical (unpaired) electrons. The number of nitrogens with zero attached hydrogens (tertiary/aromatic N) is 8. The molecule has 8 aromatic rings. The van der Waals surface area contributed by atoms with Crippen LogP contribution < -0.4 is 11.1 Å². The van der Waals surface area contributed by atoms with Crippen LogP contribution in [0.4, 0.5) is 38.0 Å². The highest BCUT2D eigenvalue weighted by Crippen LogP contribution is 2.37. The molecule has 2 aromatic carbocycles. The highest BCUT2D eigenvalue weighted by Gasteiger charge is 2.35. The lowest BCUT2D eigenvalue weighted by atomic mass is 10.0. The zero-order valence-corrected chi connectivity index (χ0v) is 28.9. The van der Waals surface area contributed by atoms with E-state index in [-0.39, 0.29) is 44.9 Å². The second-order valence-electron chi connectivity index (χ2n) is 11.6. The summed E-state index contributed by atoms with van der Waals surface area (Å²) in [6.45, 7) is 0. The third-order valence-corrected chi connectivity index (χ3v) is 7.82. The van der Waals surface area contributed by atoms with Gasteiger partial charge in [0, 0.05) is 35.9 Å². The number of hydrogen-bond donors (Lipinski definition) is 3. The van der Waals surface area contributed by atoms with Crippen molar-refractivity contribution in [2.75, 3.05) is 11.1 Å². The highest BCUT2D eigenvalue weighted by molar-refractivity contribution is 6.07. The molecule has 0 bridgehead atoms. The number of anilines is 2. The minimum atomic E-state index is -4.53. The molecule has 0 unspecified atom stereocenters. The number of alkyl halides is 6. The first-order chi connectivity index (χ1) is 27.2. The molecular formula is C38H26F6N10O3. The van der Waals surface area contributed by atoms with Crippen molar-refractivity contribution in [2.45, 2.75) is 12.4 Å². The highest BCUT2D eigenvalue weighted by atomic mass is 19.4. The summed E-state index contributed by atoms with van der Waals surface area (Å²) in [5, 5.41) is 19.5. The van der Waals surface area contributed by atoms with Crippen LogP contribution >= 0.6 is 0 Å². The van der Waals surface area contributed by atoms with E-state index >= 15 is 0 Å². The first kappa shape index (κ1) is 39.0. The van der Waals surface area contributed by atoms with Gasteiger partial charge in [-0.1, -0.05) is 48.5 Å². The summed E-state index contributed by atoms with van der Waals surface area (Å²) in [5.74, 6) is -0.848. The number of carbonyl (C=O) groups excluding carboxylic acids is 1. The number of pyridine rings is 2. The largest absolute Gasteiger partial charge is 0.477 e. The molecule has 0 fully saturated rings. The number of nitrogens with two attached hydrogens (primary N) is 1. The van der Waals surface area contributed by atoms with Crippen LogP contribution in [0.25, 0.3) is 33.8 Å². The van der Waals surface area contributed by atoms with Crippen molar-refractivity contribution in [3.63, 3.8) is 0 Å². The number of benzene rings is 2. The maximum Gasteiger partial charge on any atom is 0.417 e. The van der Waals surface area contributed by atoms with Gasteiger partial charge < -0.3 is 16.2 Å². The molecule has 4 N–H and O–H groups in total. The van der Waals surface area contributed by atoms with Crippen LogP contribution in [-0.2, 0) is 12.4 Å². The molecule has 6 heterocycles. The Morgan fingerprint density at radius 3 is 1.53 bits per heavy atom. The van der Waals surface area contributed by atoms with E-state index in [1.54, 1.807) is 30.5 Å². The number of hydrogen-bond acceptors (Lipinski definition) is 9. The Morgan fingerprint density at radius 2 is 1.09 bits per heavy atom. The standard InChI is InChI=1S/C19H12F3N5O.C14H8F3N3O2.C5H6N2/c20-19(21,22)14-6-2-1-5-12(14)15-8-10-27-17(25-15)13(11-24-27)18(28)26-16-7-3-4-9-23-16;15-14(16,17)10-4-2-1-3-8(10)11-5-6-20-12(19-11)9(7-18-20)13(21)22;6-5-3-1-2-4-7-5/h1-11H,(H,23,26,28);1-7H,(H,21,22);1-4H,(H2,6,7). The van der Waals surface area contributed by atoms with Crippen molar-refractivity contribution in [1.82, 2.24) is 39.2 Å². The summed E-state index contributed by atoms with van der Waals surface area (Å²) in [4.78, 5) is 39.7. The molecule has 19 heteroatoms. The summed E-state index contributed by atoms with van der Waals surface area (Å²) in [6.07, 6.45) is -0.626. The van der Waals surface area contributed by atoms with Crippen LogP contribution in [0.2, 0.25) is 0 Å². The average Bonchev–Trinajstić information content (AvgIpc) is 3.83. The Labute approximate surface area is 317 Å². The number of rotatable bonds is 5.